The molecule has 156 valence electrons. The minimum atomic E-state index is -0.399. The molecule has 0 saturated carbocycles. The second-order valence-corrected chi connectivity index (χ2v) is 6.34. The SMILES string of the molecule is CCOC(=O)c1ccc(-c2ccc(/C=C(\C#N)c3nn(CCO)c(N)c3C#N)o2)cc1. The van der Waals surface area contributed by atoms with Crippen molar-refractivity contribution in [2.45, 2.75) is 13.5 Å². The van der Waals surface area contributed by atoms with E-state index in [9.17, 15) is 15.3 Å². The lowest BCUT2D eigenvalue weighted by atomic mass is 10.1. The standard InChI is InChI=1S/C22H19N5O4/c1-2-30-22(29)15-5-3-14(4-6-15)19-8-7-17(31-19)11-16(12-23)20-18(13-24)21(25)27(26-20)9-10-28/h3-8,11,28H,2,9-10,25H2,1H3/b16-11+. The van der Waals surface area contributed by atoms with Crippen LogP contribution in [0.15, 0.2) is 40.8 Å². The fourth-order valence-corrected chi connectivity index (χ4v) is 2.91. The Morgan fingerprint density at radius 2 is 2.03 bits per heavy atom. The Hall–Kier alpha value is -4.34. The van der Waals surface area contributed by atoms with Crippen LogP contribution in [-0.2, 0) is 11.3 Å². The molecule has 0 aliphatic rings. The summed E-state index contributed by atoms with van der Waals surface area (Å²) in [6, 6.07) is 14.1. The quantitative estimate of drug-likeness (QED) is 0.440. The highest BCUT2D eigenvalue weighted by atomic mass is 16.5. The molecule has 0 fully saturated rings. The number of nitriles is 2. The van der Waals surface area contributed by atoms with Gasteiger partial charge in [-0.1, -0.05) is 12.1 Å². The zero-order valence-corrected chi connectivity index (χ0v) is 16.7. The van der Waals surface area contributed by atoms with Crippen LogP contribution in [0.5, 0.6) is 0 Å². The summed E-state index contributed by atoms with van der Waals surface area (Å²) in [4.78, 5) is 11.8. The highest BCUT2D eigenvalue weighted by Crippen LogP contribution is 2.28. The van der Waals surface area contributed by atoms with E-state index in [0.29, 0.717) is 23.7 Å². The predicted molar refractivity (Wildman–Crippen MR) is 112 cm³/mol. The van der Waals surface area contributed by atoms with Crippen molar-refractivity contribution >= 4 is 23.4 Å². The van der Waals surface area contributed by atoms with Gasteiger partial charge in [-0.3, -0.25) is 0 Å². The number of allylic oxidation sites excluding steroid dienone is 1. The van der Waals surface area contributed by atoms with E-state index in [4.69, 9.17) is 20.0 Å². The van der Waals surface area contributed by atoms with E-state index in [1.807, 2.05) is 12.1 Å². The van der Waals surface area contributed by atoms with Gasteiger partial charge in [-0.2, -0.15) is 15.6 Å². The van der Waals surface area contributed by atoms with E-state index in [0.717, 1.165) is 5.56 Å². The summed E-state index contributed by atoms with van der Waals surface area (Å²) < 4.78 is 12.0. The van der Waals surface area contributed by atoms with Crippen molar-refractivity contribution in [1.82, 2.24) is 9.78 Å². The van der Waals surface area contributed by atoms with Crippen molar-refractivity contribution in [2.75, 3.05) is 18.9 Å². The second-order valence-electron chi connectivity index (χ2n) is 6.34. The zero-order valence-electron chi connectivity index (χ0n) is 16.7. The molecule has 0 saturated heterocycles. The molecule has 0 unspecified atom stereocenters. The molecular weight excluding hydrogens is 398 g/mol. The first-order valence-electron chi connectivity index (χ1n) is 9.39. The number of hydrogen-bond acceptors (Lipinski definition) is 8. The van der Waals surface area contributed by atoms with Gasteiger partial charge in [0.15, 0.2) is 0 Å². The molecule has 1 aromatic carbocycles. The van der Waals surface area contributed by atoms with Gasteiger partial charge in [-0.05, 0) is 31.2 Å². The van der Waals surface area contributed by atoms with Crippen LogP contribution >= 0.6 is 0 Å². The van der Waals surface area contributed by atoms with Crippen molar-refractivity contribution in [3.63, 3.8) is 0 Å². The Balaban J connectivity index is 1.90. The minimum absolute atomic E-state index is 0.0579. The number of carbonyl (C=O) groups is 1. The molecule has 0 bridgehead atoms. The average molecular weight is 417 g/mol. The fourth-order valence-electron chi connectivity index (χ4n) is 2.91. The highest BCUT2D eigenvalue weighted by molar-refractivity contribution is 5.91. The van der Waals surface area contributed by atoms with Crippen molar-refractivity contribution in [3.8, 4) is 23.5 Å². The van der Waals surface area contributed by atoms with Gasteiger partial charge in [-0.25, -0.2) is 9.48 Å². The number of aliphatic hydroxyl groups excluding tert-OH is 1. The number of nitrogen functional groups attached to an aromatic ring is 1. The maximum atomic E-state index is 11.8. The third kappa shape index (κ3) is 4.47. The van der Waals surface area contributed by atoms with Crippen LogP contribution in [0.25, 0.3) is 23.0 Å². The molecular formula is C22H19N5O4. The lowest BCUT2D eigenvalue weighted by molar-refractivity contribution is 0.0526. The van der Waals surface area contributed by atoms with Crippen LogP contribution in [0.1, 0.15) is 34.3 Å². The van der Waals surface area contributed by atoms with Gasteiger partial charge < -0.3 is 20.0 Å². The Labute approximate surface area is 178 Å². The molecule has 9 heteroatoms. The summed E-state index contributed by atoms with van der Waals surface area (Å²) in [6.07, 6.45) is 1.46. The normalized spacial score (nSPS) is 11.0. The van der Waals surface area contributed by atoms with Crippen LogP contribution in [-0.4, -0.2) is 34.1 Å². The number of anilines is 1. The summed E-state index contributed by atoms with van der Waals surface area (Å²) in [7, 11) is 0. The summed E-state index contributed by atoms with van der Waals surface area (Å²) >= 11 is 0. The van der Waals surface area contributed by atoms with Crippen molar-refractivity contribution in [2.24, 2.45) is 0 Å². The smallest absolute Gasteiger partial charge is 0.338 e. The van der Waals surface area contributed by atoms with Crippen LogP contribution in [0, 0.1) is 22.7 Å². The van der Waals surface area contributed by atoms with E-state index < -0.39 is 5.97 Å². The topological polar surface area (TPSA) is 151 Å². The van der Waals surface area contributed by atoms with E-state index in [1.165, 1.54) is 10.8 Å². The van der Waals surface area contributed by atoms with E-state index in [1.54, 1.807) is 43.3 Å². The van der Waals surface area contributed by atoms with Crippen LogP contribution in [0.3, 0.4) is 0 Å². The lowest BCUT2D eigenvalue weighted by Gasteiger charge is -2.02. The number of carbonyl (C=O) groups excluding carboxylic acids is 1. The first kappa shape index (κ1) is 21.4. The Kier molecular flexibility index (Phi) is 6.51. The summed E-state index contributed by atoms with van der Waals surface area (Å²) in [5.74, 6) is 0.587. The highest BCUT2D eigenvalue weighted by Gasteiger charge is 2.19. The number of nitrogens with two attached hydrogens (primary N) is 1. The van der Waals surface area contributed by atoms with Crippen LogP contribution in [0.4, 0.5) is 5.82 Å². The number of nitrogens with zero attached hydrogens (tertiary/aromatic N) is 4. The molecule has 0 aliphatic heterocycles. The molecule has 31 heavy (non-hydrogen) atoms. The molecule has 2 heterocycles. The molecule has 3 N–H and O–H groups in total. The largest absolute Gasteiger partial charge is 0.462 e. The molecule has 0 aliphatic carbocycles. The van der Waals surface area contributed by atoms with E-state index in [-0.39, 0.29) is 35.8 Å². The van der Waals surface area contributed by atoms with Gasteiger partial charge in [-0.15, -0.1) is 0 Å². The molecule has 0 spiro atoms. The molecule has 0 radical (unpaired) electrons. The van der Waals surface area contributed by atoms with Gasteiger partial charge in [0.2, 0.25) is 0 Å². The molecule has 0 atom stereocenters. The number of rotatable bonds is 7. The number of benzene rings is 1. The number of hydrogen-bond donors (Lipinski definition) is 2. The minimum Gasteiger partial charge on any atom is -0.462 e. The lowest BCUT2D eigenvalue weighted by Crippen LogP contribution is -2.07. The molecule has 3 aromatic rings. The number of ether oxygens (including phenoxy) is 1. The number of furan rings is 1. The van der Waals surface area contributed by atoms with Gasteiger partial charge in [0.25, 0.3) is 0 Å². The van der Waals surface area contributed by atoms with Gasteiger partial charge in [0.05, 0.1) is 30.9 Å². The average Bonchev–Trinajstić information content (AvgIpc) is 3.37. The summed E-state index contributed by atoms with van der Waals surface area (Å²) in [5.41, 5.74) is 7.34. The third-order valence-corrected chi connectivity index (χ3v) is 4.38. The number of esters is 1. The second kappa shape index (κ2) is 9.44. The maximum absolute atomic E-state index is 11.8. The fraction of sp³-hybridized carbons (Fsp3) is 0.182. The molecule has 3 rings (SSSR count). The van der Waals surface area contributed by atoms with Crippen molar-refractivity contribution in [3.05, 3.63) is 59.0 Å². The van der Waals surface area contributed by atoms with E-state index >= 15 is 0 Å². The zero-order chi connectivity index (χ0) is 22.4. The Morgan fingerprint density at radius 1 is 1.29 bits per heavy atom. The number of aromatic nitrogens is 2. The van der Waals surface area contributed by atoms with Gasteiger partial charge >= 0.3 is 5.97 Å². The summed E-state index contributed by atoms with van der Waals surface area (Å²) in [5, 5.41) is 32.3. The monoisotopic (exact) mass is 417 g/mol. The third-order valence-electron chi connectivity index (χ3n) is 4.38. The number of aliphatic hydroxyl groups is 1. The molecule has 9 nitrogen and oxygen atoms in total. The first-order valence-corrected chi connectivity index (χ1v) is 9.39. The maximum Gasteiger partial charge on any atom is 0.338 e. The van der Waals surface area contributed by atoms with Gasteiger partial charge in [0, 0.05) is 11.6 Å². The molecule has 0 amide bonds. The predicted octanol–water partition coefficient (Wildman–Crippen LogP) is 2.83. The van der Waals surface area contributed by atoms with Crippen LogP contribution in [0.2, 0.25) is 0 Å². The Bertz CT molecular complexity index is 1210. The Morgan fingerprint density at radius 3 is 2.65 bits per heavy atom. The first-order chi connectivity index (χ1) is 15.0. The molecule has 2 aromatic heterocycles. The van der Waals surface area contributed by atoms with Crippen molar-refractivity contribution < 1.29 is 19.1 Å². The van der Waals surface area contributed by atoms with Gasteiger partial charge in [0.1, 0.15) is 40.7 Å². The van der Waals surface area contributed by atoms with Crippen molar-refractivity contribution in [1.29, 1.82) is 10.5 Å². The van der Waals surface area contributed by atoms with Crippen LogP contribution < -0.4 is 5.73 Å². The van der Waals surface area contributed by atoms with E-state index in [2.05, 4.69) is 5.10 Å². The summed E-state index contributed by atoms with van der Waals surface area (Å²) in [6.45, 7) is 1.93.